The van der Waals surface area contributed by atoms with Crippen LogP contribution in [0.4, 0.5) is 0 Å². The number of carbonyl (C=O) groups excluding carboxylic acids is 2. The predicted octanol–water partition coefficient (Wildman–Crippen LogP) is 3.66. The molecule has 4 rings (SSSR count). The molecule has 0 radical (unpaired) electrons. The van der Waals surface area contributed by atoms with Crippen LogP contribution in [0.3, 0.4) is 0 Å². The van der Waals surface area contributed by atoms with Crippen LogP contribution in [0.2, 0.25) is 0 Å². The highest BCUT2D eigenvalue weighted by atomic mass is 16.6. The number of ether oxygens (including phenoxy) is 1. The van der Waals surface area contributed by atoms with Gasteiger partial charge >= 0.3 is 5.97 Å². The summed E-state index contributed by atoms with van der Waals surface area (Å²) < 4.78 is 5.86. The zero-order chi connectivity index (χ0) is 23.4. The average molecular weight is 454 g/mol. The third kappa shape index (κ3) is 5.33. The largest absolute Gasteiger partial charge is 0.450 e. The van der Waals surface area contributed by atoms with Crippen LogP contribution in [0.15, 0.2) is 41.5 Å². The minimum Gasteiger partial charge on any atom is -0.450 e. The number of carbonyl (C=O) groups is 2. The van der Waals surface area contributed by atoms with Gasteiger partial charge in [0, 0.05) is 63.2 Å². The summed E-state index contributed by atoms with van der Waals surface area (Å²) in [6, 6.07) is 11.6. The summed E-state index contributed by atoms with van der Waals surface area (Å²) in [6.07, 6.45) is 6.06. The third-order valence-electron chi connectivity index (χ3n) is 7.82. The maximum Gasteiger partial charge on any atom is 0.335 e. The second-order valence-electron chi connectivity index (χ2n) is 10.1. The van der Waals surface area contributed by atoms with Gasteiger partial charge in [0.2, 0.25) is 0 Å². The van der Waals surface area contributed by atoms with Crippen LogP contribution < -0.4 is 5.32 Å². The van der Waals surface area contributed by atoms with Crippen molar-refractivity contribution in [1.29, 1.82) is 0 Å². The van der Waals surface area contributed by atoms with Crippen molar-refractivity contribution >= 4 is 11.9 Å². The molecule has 6 nitrogen and oxygen atoms in total. The molecule has 6 heteroatoms. The van der Waals surface area contributed by atoms with Gasteiger partial charge in [0.15, 0.2) is 0 Å². The van der Waals surface area contributed by atoms with Crippen LogP contribution in [0.25, 0.3) is 0 Å². The molecule has 180 valence electrons. The lowest BCUT2D eigenvalue weighted by molar-refractivity contribution is -0.151. The van der Waals surface area contributed by atoms with Crippen LogP contribution in [-0.2, 0) is 20.9 Å². The van der Waals surface area contributed by atoms with E-state index in [1.165, 1.54) is 24.8 Å². The molecule has 1 amide bonds. The number of nitrogens with one attached hydrogen (secondary N) is 1. The van der Waals surface area contributed by atoms with E-state index < -0.39 is 5.60 Å². The molecule has 1 spiro atoms. The second kappa shape index (κ2) is 10.4. The van der Waals surface area contributed by atoms with Crippen molar-refractivity contribution in [3.05, 3.63) is 47.0 Å². The van der Waals surface area contributed by atoms with Gasteiger partial charge in [-0.3, -0.25) is 14.6 Å². The molecule has 0 unspecified atom stereocenters. The summed E-state index contributed by atoms with van der Waals surface area (Å²) >= 11 is 0. The normalized spacial score (nSPS) is 26.0. The lowest BCUT2D eigenvalue weighted by Gasteiger charge is -2.39. The lowest BCUT2D eigenvalue weighted by Crippen LogP contribution is -2.49. The Labute approximate surface area is 198 Å². The first-order valence-electron chi connectivity index (χ1n) is 12.6. The molecule has 3 aliphatic rings. The summed E-state index contributed by atoms with van der Waals surface area (Å²) in [5.41, 5.74) is 1.54. The van der Waals surface area contributed by atoms with Crippen molar-refractivity contribution in [3.63, 3.8) is 0 Å². The van der Waals surface area contributed by atoms with Crippen molar-refractivity contribution in [3.8, 4) is 0 Å². The smallest absolute Gasteiger partial charge is 0.335 e. The molecule has 1 N–H and O–H groups in total. The fraction of sp³-hybridized carbons (Fsp3) is 0.630. The highest BCUT2D eigenvalue weighted by Crippen LogP contribution is 2.41. The van der Waals surface area contributed by atoms with E-state index in [-0.39, 0.29) is 11.9 Å². The molecule has 1 aromatic rings. The van der Waals surface area contributed by atoms with Crippen LogP contribution >= 0.6 is 0 Å². The minimum absolute atomic E-state index is 0.130. The summed E-state index contributed by atoms with van der Waals surface area (Å²) in [4.78, 5) is 30.6. The Morgan fingerprint density at radius 1 is 1.12 bits per heavy atom. The topological polar surface area (TPSA) is 61.9 Å². The summed E-state index contributed by atoms with van der Waals surface area (Å²) in [6.45, 7) is 10.4. The van der Waals surface area contributed by atoms with Gasteiger partial charge in [0.05, 0.1) is 5.57 Å². The van der Waals surface area contributed by atoms with E-state index in [2.05, 4.69) is 53.2 Å². The van der Waals surface area contributed by atoms with Crippen molar-refractivity contribution in [1.82, 2.24) is 15.1 Å². The van der Waals surface area contributed by atoms with Gasteiger partial charge in [-0.15, -0.1) is 0 Å². The lowest BCUT2D eigenvalue weighted by atomic mass is 9.82. The molecule has 2 saturated heterocycles. The SMILES string of the molecule is CC1=C(C(=O)NCCCN2[C@@H](C)CCC[C@@H]2C)C2(CCN(Cc3ccccc3)CC2)OC1=O. The van der Waals surface area contributed by atoms with E-state index in [4.69, 9.17) is 4.74 Å². The zero-order valence-corrected chi connectivity index (χ0v) is 20.4. The van der Waals surface area contributed by atoms with Crippen molar-refractivity contribution < 1.29 is 14.3 Å². The van der Waals surface area contributed by atoms with Crippen LogP contribution in [0.5, 0.6) is 0 Å². The fourth-order valence-corrected chi connectivity index (χ4v) is 5.86. The number of rotatable bonds is 7. The maximum absolute atomic E-state index is 13.2. The molecular formula is C27H39N3O3. The molecule has 3 aliphatic heterocycles. The summed E-state index contributed by atoms with van der Waals surface area (Å²) in [5.74, 6) is -0.470. The van der Waals surface area contributed by atoms with Gasteiger partial charge in [-0.25, -0.2) is 4.79 Å². The highest BCUT2D eigenvalue weighted by Gasteiger charge is 2.50. The maximum atomic E-state index is 13.2. The molecule has 3 heterocycles. The van der Waals surface area contributed by atoms with Gasteiger partial charge in [0.1, 0.15) is 5.60 Å². The Morgan fingerprint density at radius 3 is 2.45 bits per heavy atom. The van der Waals surface area contributed by atoms with E-state index in [1.807, 2.05) is 6.07 Å². The Kier molecular flexibility index (Phi) is 7.55. The first-order chi connectivity index (χ1) is 15.9. The summed E-state index contributed by atoms with van der Waals surface area (Å²) in [7, 11) is 0. The molecule has 0 bridgehead atoms. The second-order valence-corrected chi connectivity index (χ2v) is 10.1. The average Bonchev–Trinajstić information content (AvgIpc) is 3.04. The van der Waals surface area contributed by atoms with E-state index in [9.17, 15) is 9.59 Å². The first-order valence-corrected chi connectivity index (χ1v) is 12.6. The molecule has 0 aromatic heterocycles. The van der Waals surface area contributed by atoms with Crippen molar-refractivity contribution in [2.45, 2.75) is 83.5 Å². The molecule has 2 atom stereocenters. The van der Waals surface area contributed by atoms with Gasteiger partial charge in [0.25, 0.3) is 5.91 Å². The Balaban J connectivity index is 1.32. The number of piperidine rings is 2. The van der Waals surface area contributed by atoms with Crippen LogP contribution in [0, 0.1) is 0 Å². The molecule has 33 heavy (non-hydrogen) atoms. The van der Waals surface area contributed by atoms with E-state index >= 15 is 0 Å². The van der Waals surface area contributed by atoms with E-state index in [0.29, 0.717) is 42.6 Å². The number of nitrogens with zero attached hydrogens (tertiary/aromatic N) is 2. The van der Waals surface area contributed by atoms with Gasteiger partial charge in [-0.05, 0) is 45.6 Å². The van der Waals surface area contributed by atoms with E-state index in [0.717, 1.165) is 32.6 Å². The van der Waals surface area contributed by atoms with Crippen molar-refractivity contribution in [2.24, 2.45) is 0 Å². The monoisotopic (exact) mass is 453 g/mol. The Morgan fingerprint density at radius 2 is 1.79 bits per heavy atom. The fourth-order valence-electron chi connectivity index (χ4n) is 5.86. The number of hydrogen-bond acceptors (Lipinski definition) is 5. The summed E-state index contributed by atoms with van der Waals surface area (Å²) in [5, 5.41) is 3.10. The molecule has 2 fully saturated rings. The van der Waals surface area contributed by atoms with Crippen molar-refractivity contribution in [2.75, 3.05) is 26.2 Å². The number of hydrogen-bond donors (Lipinski definition) is 1. The minimum atomic E-state index is -0.770. The molecular weight excluding hydrogens is 414 g/mol. The molecule has 0 aliphatic carbocycles. The highest BCUT2D eigenvalue weighted by molar-refractivity contribution is 6.07. The number of benzene rings is 1. The third-order valence-corrected chi connectivity index (χ3v) is 7.82. The van der Waals surface area contributed by atoms with Crippen LogP contribution in [-0.4, -0.2) is 65.5 Å². The Bertz CT molecular complexity index is 864. The number of amides is 1. The number of esters is 1. The van der Waals surface area contributed by atoms with E-state index in [1.54, 1.807) is 6.92 Å². The molecule has 0 saturated carbocycles. The zero-order valence-electron chi connectivity index (χ0n) is 20.4. The number of likely N-dealkylation sites (tertiary alicyclic amines) is 2. The molecule has 1 aromatic carbocycles. The van der Waals surface area contributed by atoms with Crippen LogP contribution in [0.1, 0.15) is 64.9 Å². The Hall–Kier alpha value is -2.18. The van der Waals surface area contributed by atoms with Gasteiger partial charge in [-0.1, -0.05) is 36.8 Å². The quantitative estimate of drug-likeness (QED) is 0.504. The predicted molar refractivity (Wildman–Crippen MR) is 130 cm³/mol. The van der Waals surface area contributed by atoms with Gasteiger partial charge < -0.3 is 10.1 Å². The van der Waals surface area contributed by atoms with Gasteiger partial charge in [-0.2, -0.15) is 0 Å². The standard InChI is InChI=1S/C27H39N3O3/c1-20-9-7-10-21(2)30(20)16-8-15-28-25(31)24-22(3)26(32)33-27(24)13-17-29(18-14-27)19-23-11-5-4-6-12-23/h4-6,11-12,20-21H,7-10,13-19H2,1-3H3,(H,28,31)/t20-,21-/m0/s1. The first kappa shape index (κ1) is 24.0.